The van der Waals surface area contributed by atoms with E-state index in [9.17, 15) is 14.9 Å². The first kappa shape index (κ1) is 19.4. The first-order valence-electron chi connectivity index (χ1n) is 7.92. The van der Waals surface area contributed by atoms with Gasteiger partial charge in [-0.25, -0.2) is 0 Å². The molecule has 0 unspecified atom stereocenters. The molecule has 0 aliphatic heterocycles. The zero-order chi connectivity index (χ0) is 20.3. The van der Waals surface area contributed by atoms with Crippen molar-refractivity contribution in [1.29, 1.82) is 5.26 Å². The smallest absolute Gasteiger partial charge is 0.269 e. The summed E-state index contributed by atoms with van der Waals surface area (Å²) >= 11 is 12.0. The molecule has 0 saturated carbocycles. The summed E-state index contributed by atoms with van der Waals surface area (Å²) in [5, 5.41) is 12.2. The molecule has 28 heavy (non-hydrogen) atoms. The second kappa shape index (κ2) is 8.13. The number of carbonyl (C=O) groups is 1. The Kier molecular flexibility index (Phi) is 5.64. The molecule has 0 radical (unpaired) electrons. The van der Waals surface area contributed by atoms with Crippen LogP contribution in [0, 0.1) is 11.3 Å². The summed E-state index contributed by atoms with van der Waals surface area (Å²) in [6.07, 6.45) is 2.65. The van der Waals surface area contributed by atoms with E-state index in [4.69, 9.17) is 27.9 Å². The topological polar surface area (TPSA) is 96.5 Å². The van der Waals surface area contributed by atoms with E-state index >= 15 is 0 Å². The normalized spacial score (nSPS) is 11.1. The van der Waals surface area contributed by atoms with Crippen LogP contribution >= 0.6 is 23.2 Å². The third-order valence-corrected chi connectivity index (χ3v) is 4.25. The summed E-state index contributed by atoms with van der Waals surface area (Å²) in [6.45, 7) is 0. The van der Waals surface area contributed by atoms with E-state index in [-0.39, 0.29) is 27.8 Å². The largest absolute Gasteiger partial charge is 0.437 e. The number of halogens is 2. The fraction of sp³-hybridized carbons (Fsp3) is 0.0526. The van der Waals surface area contributed by atoms with Crippen molar-refractivity contribution < 1.29 is 9.53 Å². The van der Waals surface area contributed by atoms with E-state index < -0.39 is 11.5 Å². The van der Waals surface area contributed by atoms with Crippen LogP contribution in [-0.4, -0.2) is 22.3 Å². The van der Waals surface area contributed by atoms with E-state index in [1.807, 2.05) is 0 Å². The number of nitrogens with zero attached hydrogens (tertiary/aromatic N) is 3. The number of fused-ring (bicyclic) bond motifs is 1. The number of likely N-dealkylation sites (N-methyl/N-ethyl adjacent to an activating group) is 1. The summed E-state index contributed by atoms with van der Waals surface area (Å²) in [6, 6.07) is 11.3. The van der Waals surface area contributed by atoms with E-state index in [0.29, 0.717) is 10.7 Å². The number of pyridine rings is 1. The standard InChI is InChI=1S/C19H12Cl2N4O3/c1-23-17(26)11(10-22)8-13-18(28-15-6-5-12(20)9-14(15)21)24-16-4-2-3-7-25(16)19(13)27/h2-9H,1H3,(H,23,26)/b11-8+. The molecule has 3 aromatic rings. The van der Waals surface area contributed by atoms with Gasteiger partial charge < -0.3 is 10.1 Å². The minimum absolute atomic E-state index is 0.0742. The molecule has 7 nitrogen and oxygen atoms in total. The number of benzene rings is 1. The summed E-state index contributed by atoms with van der Waals surface area (Å²) in [4.78, 5) is 29.2. The number of amides is 1. The molecule has 1 N–H and O–H groups in total. The fourth-order valence-corrected chi connectivity index (χ4v) is 2.82. The molecule has 0 aliphatic rings. The molecular formula is C19H12Cl2N4O3. The van der Waals surface area contributed by atoms with Gasteiger partial charge in [0.05, 0.1) is 5.02 Å². The molecule has 9 heteroatoms. The van der Waals surface area contributed by atoms with Gasteiger partial charge >= 0.3 is 0 Å². The van der Waals surface area contributed by atoms with E-state index in [1.54, 1.807) is 30.3 Å². The van der Waals surface area contributed by atoms with Gasteiger partial charge in [-0.2, -0.15) is 10.2 Å². The molecule has 0 fully saturated rings. The van der Waals surface area contributed by atoms with Crippen molar-refractivity contribution in [3.63, 3.8) is 0 Å². The van der Waals surface area contributed by atoms with Crippen LogP contribution in [0.3, 0.4) is 0 Å². The van der Waals surface area contributed by atoms with Gasteiger partial charge in [0.25, 0.3) is 11.5 Å². The summed E-state index contributed by atoms with van der Waals surface area (Å²) < 4.78 is 7.02. The highest BCUT2D eigenvalue weighted by atomic mass is 35.5. The van der Waals surface area contributed by atoms with Crippen molar-refractivity contribution in [1.82, 2.24) is 14.7 Å². The lowest BCUT2D eigenvalue weighted by Gasteiger charge is -2.11. The lowest BCUT2D eigenvalue weighted by Crippen LogP contribution is -2.22. The average molecular weight is 415 g/mol. The predicted molar refractivity (Wildman–Crippen MR) is 106 cm³/mol. The van der Waals surface area contributed by atoms with Gasteiger partial charge in [0.1, 0.15) is 28.6 Å². The zero-order valence-corrected chi connectivity index (χ0v) is 16.0. The van der Waals surface area contributed by atoms with Crippen molar-refractivity contribution >= 4 is 40.8 Å². The van der Waals surface area contributed by atoms with Gasteiger partial charge in [-0.3, -0.25) is 14.0 Å². The number of nitrogens with one attached hydrogen (secondary N) is 1. The second-order valence-electron chi connectivity index (χ2n) is 5.49. The molecule has 0 saturated heterocycles. The second-order valence-corrected chi connectivity index (χ2v) is 6.33. The Bertz CT molecular complexity index is 1210. The number of aromatic nitrogens is 2. The predicted octanol–water partition coefficient (Wildman–Crippen LogP) is 3.45. The van der Waals surface area contributed by atoms with Crippen molar-refractivity contribution in [3.05, 3.63) is 74.1 Å². The number of ether oxygens (including phenoxy) is 1. The molecule has 2 aromatic heterocycles. The lowest BCUT2D eigenvalue weighted by atomic mass is 10.1. The van der Waals surface area contributed by atoms with Crippen LogP contribution in [0.15, 0.2) is 53.0 Å². The SMILES string of the molecule is CNC(=O)/C(C#N)=C/c1c(Oc2ccc(Cl)cc2Cl)nc2ccccn2c1=O. The van der Waals surface area contributed by atoms with Gasteiger partial charge in [0.2, 0.25) is 5.88 Å². The quantitative estimate of drug-likeness (QED) is 0.520. The third-order valence-electron chi connectivity index (χ3n) is 3.72. The summed E-state index contributed by atoms with van der Waals surface area (Å²) in [5.74, 6) is -0.529. The highest BCUT2D eigenvalue weighted by molar-refractivity contribution is 6.35. The fourth-order valence-electron chi connectivity index (χ4n) is 2.37. The maximum absolute atomic E-state index is 12.9. The Morgan fingerprint density at radius 2 is 2.11 bits per heavy atom. The van der Waals surface area contributed by atoms with Crippen LogP contribution < -0.4 is 15.6 Å². The first-order chi connectivity index (χ1) is 13.4. The van der Waals surface area contributed by atoms with Crippen LogP contribution in [0.25, 0.3) is 11.7 Å². The molecule has 0 bridgehead atoms. The maximum atomic E-state index is 12.9. The van der Waals surface area contributed by atoms with E-state index in [1.165, 1.54) is 29.8 Å². The Morgan fingerprint density at radius 1 is 1.32 bits per heavy atom. The average Bonchev–Trinajstić information content (AvgIpc) is 2.69. The van der Waals surface area contributed by atoms with Gasteiger partial charge in [-0.05, 0) is 36.4 Å². The molecule has 140 valence electrons. The van der Waals surface area contributed by atoms with Crippen molar-refractivity contribution in [2.75, 3.05) is 7.05 Å². The molecule has 2 heterocycles. The number of rotatable bonds is 4. The number of nitriles is 1. The van der Waals surface area contributed by atoms with Crippen LogP contribution in [0.4, 0.5) is 0 Å². The summed E-state index contributed by atoms with van der Waals surface area (Å²) in [7, 11) is 1.38. The number of carbonyl (C=O) groups excluding carboxylic acids is 1. The monoisotopic (exact) mass is 414 g/mol. The number of hydrogen-bond donors (Lipinski definition) is 1. The molecule has 0 spiro atoms. The lowest BCUT2D eigenvalue weighted by molar-refractivity contribution is -0.116. The molecular weight excluding hydrogens is 403 g/mol. The van der Waals surface area contributed by atoms with Crippen LogP contribution in [0.2, 0.25) is 10.0 Å². The Morgan fingerprint density at radius 3 is 2.79 bits per heavy atom. The van der Waals surface area contributed by atoms with Crippen LogP contribution in [-0.2, 0) is 4.79 Å². The van der Waals surface area contributed by atoms with Crippen molar-refractivity contribution in [2.45, 2.75) is 0 Å². The zero-order valence-electron chi connectivity index (χ0n) is 14.4. The highest BCUT2D eigenvalue weighted by Crippen LogP contribution is 2.32. The molecule has 1 amide bonds. The van der Waals surface area contributed by atoms with E-state index in [0.717, 1.165) is 6.08 Å². The minimum atomic E-state index is -0.643. The van der Waals surface area contributed by atoms with Gasteiger partial charge in [-0.1, -0.05) is 29.3 Å². The molecule has 0 aliphatic carbocycles. The maximum Gasteiger partial charge on any atom is 0.269 e. The number of hydrogen-bond acceptors (Lipinski definition) is 5. The van der Waals surface area contributed by atoms with Crippen LogP contribution in [0.5, 0.6) is 11.6 Å². The highest BCUT2D eigenvalue weighted by Gasteiger charge is 2.17. The molecule has 0 atom stereocenters. The van der Waals surface area contributed by atoms with Crippen LogP contribution in [0.1, 0.15) is 5.56 Å². The van der Waals surface area contributed by atoms with Gasteiger partial charge in [-0.15, -0.1) is 0 Å². The molecule has 3 rings (SSSR count). The van der Waals surface area contributed by atoms with Crippen molar-refractivity contribution in [2.24, 2.45) is 0 Å². The Balaban J connectivity index is 2.25. The summed E-state index contributed by atoms with van der Waals surface area (Å²) in [5.41, 5.74) is -0.537. The van der Waals surface area contributed by atoms with E-state index in [2.05, 4.69) is 10.3 Å². The van der Waals surface area contributed by atoms with Crippen molar-refractivity contribution in [3.8, 4) is 17.7 Å². The Labute approximate surface area is 169 Å². The third kappa shape index (κ3) is 3.83. The molecule has 1 aromatic carbocycles. The minimum Gasteiger partial charge on any atom is -0.437 e. The van der Waals surface area contributed by atoms with Gasteiger partial charge in [0, 0.05) is 18.3 Å². The first-order valence-corrected chi connectivity index (χ1v) is 8.68. The Hall–Kier alpha value is -3.34. The van der Waals surface area contributed by atoms with Gasteiger partial charge in [0.15, 0.2) is 0 Å².